The molecule has 2 aromatic heterocycles. The Morgan fingerprint density at radius 2 is 1.72 bits per heavy atom. The van der Waals surface area contributed by atoms with Gasteiger partial charge < -0.3 is 19.9 Å². The maximum Gasteiger partial charge on any atom is 0.410 e. The molecule has 11 nitrogen and oxygen atoms in total. The van der Waals surface area contributed by atoms with Crippen LogP contribution in [0.25, 0.3) is 11.0 Å². The molecule has 1 saturated heterocycles. The molecule has 1 amide bonds. The number of hydrogen-bond donors (Lipinski definition) is 2. The van der Waals surface area contributed by atoms with Gasteiger partial charge >= 0.3 is 6.09 Å². The van der Waals surface area contributed by atoms with E-state index in [1.807, 2.05) is 25.3 Å². The molecule has 2 aromatic carbocycles. The van der Waals surface area contributed by atoms with Gasteiger partial charge in [0.05, 0.1) is 15.8 Å². The monoisotopic (exact) mass is 644 g/mol. The Labute approximate surface area is 259 Å². The quantitative estimate of drug-likeness (QED) is 0.245. The molecule has 0 aliphatic carbocycles. The molecule has 5 rings (SSSR count). The number of carbonyl (C=O) groups excluding carboxylic acids is 2. The van der Waals surface area contributed by atoms with Crippen molar-refractivity contribution in [2.45, 2.75) is 50.2 Å². The third-order valence-corrected chi connectivity index (χ3v) is 8.71. The highest BCUT2D eigenvalue weighted by Gasteiger charge is 2.30. The zero-order chi connectivity index (χ0) is 31.1. The van der Waals surface area contributed by atoms with E-state index in [0.29, 0.717) is 37.0 Å². The van der Waals surface area contributed by atoms with Crippen molar-refractivity contribution in [3.8, 4) is 0 Å². The number of nitrogens with zero attached hydrogens (tertiary/aromatic N) is 4. The third kappa shape index (κ3) is 6.71. The molecule has 0 unspecified atom stereocenters. The van der Waals surface area contributed by atoms with Gasteiger partial charge in [-0.25, -0.2) is 23.2 Å². The highest BCUT2D eigenvalue weighted by molar-refractivity contribution is 7.92. The van der Waals surface area contributed by atoms with E-state index >= 15 is 0 Å². The molecule has 1 aliphatic rings. The van der Waals surface area contributed by atoms with Gasteiger partial charge in [0.25, 0.3) is 10.0 Å². The van der Waals surface area contributed by atoms with Crippen molar-refractivity contribution in [2.75, 3.05) is 23.5 Å². The van der Waals surface area contributed by atoms with Crippen molar-refractivity contribution in [3.63, 3.8) is 0 Å². The summed E-state index contributed by atoms with van der Waals surface area (Å²) in [5.74, 6) is -0.240. The molecule has 226 valence electrons. The van der Waals surface area contributed by atoms with Crippen LogP contribution >= 0.6 is 23.2 Å². The second-order valence-corrected chi connectivity index (χ2v) is 13.8. The summed E-state index contributed by atoms with van der Waals surface area (Å²) >= 11 is 12.0. The van der Waals surface area contributed by atoms with Gasteiger partial charge in [0.2, 0.25) is 0 Å². The number of halogens is 2. The molecule has 1 fully saturated rings. The van der Waals surface area contributed by atoms with E-state index in [0.717, 1.165) is 0 Å². The van der Waals surface area contributed by atoms with Gasteiger partial charge in [0.1, 0.15) is 23.4 Å². The lowest BCUT2D eigenvalue weighted by atomic mass is 10.0. The summed E-state index contributed by atoms with van der Waals surface area (Å²) in [6.45, 7) is 6.43. The molecule has 1 aliphatic heterocycles. The molecule has 0 spiro atoms. The third-order valence-electron chi connectivity index (χ3n) is 6.92. The topological polar surface area (TPSA) is 150 Å². The number of hydrogen-bond acceptors (Lipinski definition) is 8. The maximum atomic E-state index is 13.9. The first kappa shape index (κ1) is 30.6. The SMILES string of the molecule is CC(C)(C)OC(=O)N1CCC(n2cc(C(=O)c3cccc(NS(=O)(=O)c4cc(Cl)cc(Cl)c4)c3)c3c(N)ncnc32)CC1. The Morgan fingerprint density at radius 1 is 1.05 bits per heavy atom. The van der Waals surface area contributed by atoms with Gasteiger partial charge in [0, 0.05) is 46.6 Å². The van der Waals surface area contributed by atoms with Crippen LogP contribution in [0.1, 0.15) is 55.6 Å². The molecule has 0 saturated carbocycles. The molecule has 0 atom stereocenters. The standard InChI is InChI=1S/C29H30Cl2N6O5S/c1-29(2,3)42-28(39)36-9-7-21(8-10-36)37-15-23(24-26(32)33-16-34-27(24)37)25(38)17-5-4-6-20(11-17)35-43(40,41)22-13-18(30)12-19(31)14-22/h4-6,11-16,21,35H,7-10H2,1-3H3,(H2,32,33,34). The van der Waals surface area contributed by atoms with Crippen LogP contribution in [0.2, 0.25) is 10.0 Å². The summed E-state index contributed by atoms with van der Waals surface area (Å²) in [6, 6.07) is 10.0. The fourth-order valence-corrected chi connectivity index (χ4v) is 6.76. The molecule has 3 N–H and O–H groups in total. The number of amides is 1. The highest BCUT2D eigenvalue weighted by Crippen LogP contribution is 2.33. The number of nitrogen functional groups attached to an aromatic ring is 1. The van der Waals surface area contributed by atoms with Crippen LogP contribution in [0, 0.1) is 0 Å². The van der Waals surface area contributed by atoms with Crippen LogP contribution in [0.5, 0.6) is 0 Å². The number of piperidine rings is 1. The summed E-state index contributed by atoms with van der Waals surface area (Å²) in [7, 11) is -4.05. The number of fused-ring (bicyclic) bond motifs is 1. The van der Waals surface area contributed by atoms with E-state index in [2.05, 4.69) is 14.7 Å². The zero-order valence-corrected chi connectivity index (χ0v) is 26.0. The van der Waals surface area contributed by atoms with Gasteiger partial charge in [-0.15, -0.1) is 0 Å². The van der Waals surface area contributed by atoms with Gasteiger partial charge in [-0.1, -0.05) is 35.3 Å². The normalized spacial score (nSPS) is 14.6. The second-order valence-electron chi connectivity index (χ2n) is 11.2. The summed E-state index contributed by atoms with van der Waals surface area (Å²) in [5, 5.41) is 0.744. The van der Waals surface area contributed by atoms with Gasteiger partial charge in [-0.2, -0.15) is 0 Å². The molecular formula is C29H30Cl2N6O5S. The summed E-state index contributed by atoms with van der Waals surface area (Å²) < 4.78 is 35.9. The molecule has 43 heavy (non-hydrogen) atoms. The first-order valence-electron chi connectivity index (χ1n) is 13.4. The Morgan fingerprint density at radius 3 is 2.37 bits per heavy atom. The van der Waals surface area contributed by atoms with Crippen LogP contribution in [0.15, 0.2) is 59.9 Å². The maximum absolute atomic E-state index is 13.9. The van der Waals surface area contributed by atoms with Crippen LogP contribution < -0.4 is 10.5 Å². The molecule has 14 heteroatoms. The first-order valence-corrected chi connectivity index (χ1v) is 15.7. The number of ether oxygens (including phenoxy) is 1. The number of anilines is 2. The number of nitrogens with two attached hydrogens (primary N) is 1. The number of aromatic nitrogens is 3. The molecular weight excluding hydrogens is 615 g/mol. The molecule has 4 aromatic rings. The largest absolute Gasteiger partial charge is 0.444 e. The van der Waals surface area contributed by atoms with Crippen molar-refractivity contribution < 1.29 is 22.7 Å². The van der Waals surface area contributed by atoms with E-state index in [4.69, 9.17) is 33.7 Å². The van der Waals surface area contributed by atoms with Crippen molar-refractivity contribution in [1.29, 1.82) is 0 Å². The smallest absolute Gasteiger partial charge is 0.410 e. The van der Waals surface area contributed by atoms with E-state index in [-0.39, 0.29) is 55.5 Å². The van der Waals surface area contributed by atoms with E-state index < -0.39 is 15.6 Å². The first-order chi connectivity index (χ1) is 20.2. The lowest BCUT2D eigenvalue weighted by molar-refractivity contribution is 0.0189. The summed E-state index contributed by atoms with van der Waals surface area (Å²) in [4.78, 5) is 36.5. The van der Waals surface area contributed by atoms with Crippen molar-refractivity contribution in [1.82, 2.24) is 19.4 Å². The number of carbonyl (C=O) groups is 2. The van der Waals surface area contributed by atoms with E-state index in [1.165, 1.54) is 36.7 Å². The molecule has 3 heterocycles. The van der Waals surface area contributed by atoms with Crippen molar-refractivity contribution in [3.05, 3.63) is 76.2 Å². The lowest BCUT2D eigenvalue weighted by Gasteiger charge is -2.34. The van der Waals surface area contributed by atoms with Crippen LogP contribution in [-0.2, 0) is 14.8 Å². The second kappa shape index (κ2) is 11.7. The fourth-order valence-electron chi connectivity index (χ4n) is 4.99. The summed E-state index contributed by atoms with van der Waals surface area (Å²) in [6.07, 6.45) is 3.92. The van der Waals surface area contributed by atoms with Gasteiger partial charge in [0.15, 0.2) is 5.78 Å². The highest BCUT2D eigenvalue weighted by atomic mass is 35.5. The predicted molar refractivity (Wildman–Crippen MR) is 165 cm³/mol. The Hall–Kier alpha value is -3.87. The lowest BCUT2D eigenvalue weighted by Crippen LogP contribution is -2.42. The number of nitrogens with one attached hydrogen (secondary N) is 1. The van der Waals surface area contributed by atoms with E-state index in [1.54, 1.807) is 23.2 Å². The minimum absolute atomic E-state index is 0.0558. The average molecular weight is 646 g/mol. The van der Waals surface area contributed by atoms with Crippen LogP contribution in [-0.4, -0.2) is 58.4 Å². The number of ketones is 1. The van der Waals surface area contributed by atoms with Crippen LogP contribution in [0.3, 0.4) is 0 Å². The Kier molecular flexibility index (Phi) is 8.30. The Bertz CT molecular complexity index is 1810. The minimum Gasteiger partial charge on any atom is -0.444 e. The van der Waals surface area contributed by atoms with Crippen LogP contribution in [0.4, 0.5) is 16.3 Å². The minimum atomic E-state index is -4.05. The number of benzene rings is 2. The zero-order valence-electron chi connectivity index (χ0n) is 23.7. The molecule has 0 bridgehead atoms. The predicted octanol–water partition coefficient (Wildman–Crippen LogP) is 5.92. The average Bonchev–Trinajstić information content (AvgIpc) is 3.32. The Balaban J connectivity index is 1.42. The summed E-state index contributed by atoms with van der Waals surface area (Å²) in [5.41, 5.74) is 6.83. The van der Waals surface area contributed by atoms with Gasteiger partial charge in [-0.3, -0.25) is 9.52 Å². The van der Waals surface area contributed by atoms with E-state index in [9.17, 15) is 18.0 Å². The number of sulfonamides is 1. The molecule has 0 radical (unpaired) electrons. The number of rotatable bonds is 6. The number of likely N-dealkylation sites (tertiary alicyclic amines) is 1. The van der Waals surface area contributed by atoms with Crippen molar-refractivity contribution >= 4 is 67.6 Å². The van der Waals surface area contributed by atoms with Gasteiger partial charge in [-0.05, 0) is 63.9 Å². The fraction of sp³-hybridized carbons (Fsp3) is 0.310. The van der Waals surface area contributed by atoms with Crippen molar-refractivity contribution in [2.24, 2.45) is 0 Å².